The second kappa shape index (κ2) is 8.31. The van der Waals surface area contributed by atoms with Crippen molar-refractivity contribution in [3.8, 4) is 0 Å². The lowest BCUT2D eigenvalue weighted by atomic mass is 10.0. The summed E-state index contributed by atoms with van der Waals surface area (Å²) in [4.78, 5) is 29.9. The standard InChI is InChI=1S/C23H24N4O2/c1-16-19(18-9-3-4-10-20(18)25-16)15-24-26-22(28)12-13-23(29)27-14-6-8-17-7-2-5-11-21(17)27/h2-5,7,9-11,15,25H,6,8,12-14H2,1H3,(H,26,28). The molecular weight excluding hydrogens is 364 g/mol. The molecule has 29 heavy (non-hydrogen) atoms. The summed E-state index contributed by atoms with van der Waals surface area (Å²) in [5, 5.41) is 5.14. The van der Waals surface area contributed by atoms with Gasteiger partial charge in [0.2, 0.25) is 11.8 Å². The number of H-pyrrole nitrogens is 1. The number of hydrogen-bond acceptors (Lipinski definition) is 3. The van der Waals surface area contributed by atoms with Crippen molar-refractivity contribution in [3.05, 3.63) is 65.4 Å². The van der Waals surface area contributed by atoms with Crippen LogP contribution in [0.15, 0.2) is 53.6 Å². The zero-order valence-electron chi connectivity index (χ0n) is 16.4. The maximum absolute atomic E-state index is 12.6. The predicted molar refractivity (Wildman–Crippen MR) is 115 cm³/mol. The van der Waals surface area contributed by atoms with Crippen LogP contribution < -0.4 is 10.3 Å². The smallest absolute Gasteiger partial charge is 0.240 e. The van der Waals surface area contributed by atoms with Crippen molar-refractivity contribution < 1.29 is 9.59 Å². The van der Waals surface area contributed by atoms with Gasteiger partial charge in [0.05, 0.1) is 6.21 Å². The summed E-state index contributed by atoms with van der Waals surface area (Å²) in [5.41, 5.74) is 7.66. The highest BCUT2D eigenvalue weighted by Crippen LogP contribution is 2.27. The Morgan fingerprint density at radius 3 is 2.83 bits per heavy atom. The molecule has 148 valence electrons. The second-order valence-electron chi connectivity index (χ2n) is 7.28. The maximum atomic E-state index is 12.6. The Morgan fingerprint density at radius 2 is 1.93 bits per heavy atom. The molecule has 1 aliphatic heterocycles. The van der Waals surface area contributed by atoms with E-state index in [1.807, 2.05) is 49.4 Å². The van der Waals surface area contributed by atoms with E-state index in [1.165, 1.54) is 5.56 Å². The zero-order chi connectivity index (χ0) is 20.2. The Balaban J connectivity index is 1.33. The van der Waals surface area contributed by atoms with Gasteiger partial charge in [0.1, 0.15) is 0 Å². The van der Waals surface area contributed by atoms with Gasteiger partial charge in [0.25, 0.3) is 0 Å². The first-order valence-corrected chi connectivity index (χ1v) is 9.91. The molecule has 1 aliphatic rings. The van der Waals surface area contributed by atoms with E-state index in [0.29, 0.717) is 6.54 Å². The molecule has 0 spiro atoms. The largest absolute Gasteiger partial charge is 0.358 e. The highest BCUT2D eigenvalue weighted by Gasteiger charge is 2.22. The number of hydrazone groups is 1. The summed E-state index contributed by atoms with van der Waals surface area (Å²) in [6.45, 7) is 2.67. The number of aromatic amines is 1. The van der Waals surface area contributed by atoms with Gasteiger partial charge in [0.15, 0.2) is 0 Å². The molecule has 2 aromatic carbocycles. The van der Waals surface area contributed by atoms with Gasteiger partial charge in [0, 0.05) is 47.2 Å². The highest BCUT2D eigenvalue weighted by molar-refractivity contribution is 6.01. The molecule has 2 N–H and O–H groups in total. The van der Waals surface area contributed by atoms with Crippen molar-refractivity contribution in [1.29, 1.82) is 0 Å². The number of aromatic nitrogens is 1. The minimum Gasteiger partial charge on any atom is -0.358 e. The van der Waals surface area contributed by atoms with E-state index in [4.69, 9.17) is 0 Å². The number of nitrogens with zero attached hydrogens (tertiary/aromatic N) is 2. The predicted octanol–water partition coefficient (Wildman–Crippen LogP) is 3.69. The Hall–Kier alpha value is -3.41. The number of nitrogens with one attached hydrogen (secondary N) is 2. The quantitative estimate of drug-likeness (QED) is 0.517. The van der Waals surface area contributed by atoms with Crippen LogP contribution in [0.2, 0.25) is 0 Å². The molecule has 6 heteroatoms. The third-order valence-electron chi connectivity index (χ3n) is 5.30. The van der Waals surface area contributed by atoms with Gasteiger partial charge in [-0.15, -0.1) is 0 Å². The molecule has 0 saturated carbocycles. The first-order valence-electron chi connectivity index (χ1n) is 9.91. The summed E-state index contributed by atoms with van der Waals surface area (Å²) >= 11 is 0. The molecule has 0 saturated heterocycles. The van der Waals surface area contributed by atoms with E-state index in [9.17, 15) is 9.59 Å². The van der Waals surface area contributed by atoms with Crippen molar-refractivity contribution in [2.75, 3.05) is 11.4 Å². The molecule has 2 heterocycles. The van der Waals surface area contributed by atoms with Gasteiger partial charge in [-0.1, -0.05) is 36.4 Å². The molecule has 0 aliphatic carbocycles. The molecule has 0 unspecified atom stereocenters. The fraction of sp³-hybridized carbons (Fsp3) is 0.261. The third kappa shape index (κ3) is 4.06. The number of rotatable bonds is 5. The molecule has 1 aromatic heterocycles. The Morgan fingerprint density at radius 1 is 1.14 bits per heavy atom. The maximum Gasteiger partial charge on any atom is 0.240 e. The van der Waals surface area contributed by atoms with E-state index >= 15 is 0 Å². The Labute approximate surface area is 169 Å². The minimum atomic E-state index is -0.266. The minimum absolute atomic E-state index is 0.0243. The average molecular weight is 388 g/mol. The number of amides is 2. The number of carbonyl (C=O) groups is 2. The van der Waals surface area contributed by atoms with E-state index < -0.39 is 0 Å². The van der Waals surface area contributed by atoms with Gasteiger partial charge in [-0.3, -0.25) is 9.59 Å². The van der Waals surface area contributed by atoms with E-state index in [0.717, 1.165) is 40.7 Å². The highest BCUT2D eigenvalue weighted by atomic mass is 16.2. The first-order chi connectivity index (χ1) is 14.1. The van der Waals surface area contributed by atoms with Crippen LogP contribution in [-0.4, -0.2) is 29.6 Å². The normalized spacial score (nSPS) is 13.6. The molecule has 6 nitrogen and oxygen atoms in total. The lowest BCUT2D eigenvalue weighted by molar-refractivity contribution is -0.125. The molecule has 0 bridgehead atoms. The van der Waals surface area contributed by atoms with Crippen LogP contribution in [0.25, 0.3) is 10.9 Å². The van der Waals surface area contributed by atoms with Crippen molar-refractivity contribution in [3.63, 3.8) is 0 Å². The number of benzene rings is 2. The lowest BCUT2D eigenvalue weighted by Crippen LogP contribution is -2.36. The topological polar surface area (TPSA) is 77.6 Å². The van der Waals surface area contributed by atoms with Crippen LogP contribution >= 0.6 is 0 Å². The number of para-hydroxylation sites is 2. The number of carbonyl (C=O) groups excluding carboxylic acids is 2. The van der Waals surface area contributed by atoms with E-state index in [-0.39, 0.29) is 24.7 Å². The number of aryl methyl sites for hydroxylation is 2. The van der Waals surface area contributed by atoms with E-state index in [2.05, 4.69) is 21.6 Å². The van der Waals surface area contributed by atoms with Crippen molar-refractivity contribution in [1.82, 2.24) is 10.4 Å². The summed E-state index contributed by atoms with van der Waals surface area (Å²) in [6.07, 6.45) is 3.86. The first kappa shape index (κ1) is 18.9. The molecule has 3 aromatic rings. The van der Waals surface area contributed by atoms with Crippen molar-refractivity contribution >= 4 is 34.6 Å². The second-order valence-corrected chi connectivity index (χ2v) is 7.28. The summed E-state index contributed by atoms with van der Waals surface area (Å²) < 4.78 is 0. The van der Waals surface area contributed by atoms with Gasteiger partial charge in [-0.2, -0.15) is 5.10 Å². The zero-order valence-corrected chi connectivity index (χ0v) is 16.4. The number of fused-ring (bicyclic) bond motifs is 2. The molecule has 0 fully saturated rings. The van der Waals surface area contributed by atoms with Crippen molar-refractivity contribution in [2.45, 2.75) is 32.6 Å². The fourth-order valence-electron chi connectivity index (χ4n) is 3.84. The van der Waals surface area contributed by atoms with E-state index in [1.54, 1.807) is 11.1 Å². The molecule has 0 radical (unpaired) electrons. The molecule has 4 rings (SSSR count). The van der Waals surface area contributed by atoms with Crippen molar-refractivity contribution in [2.24, 2.45) is 5.10 Å². The van der Waals surface area contributed by atoms with Crippen LogP contribution in [0.5, 0.6) is 0 Å². The Bertz CT molecular complexity index is 1080. The monoisotopic (exact) mass is 388 g/mol. The molecule has 0 atom stereocenters. The van der Waals surface area contributed by atoms with Crippen LogP contribution in [-0.2, 0) is 16.0 Å². The molecular formula is C23H24N4O2. The number of anilines is 1. The SMILES string of the molecule is Cc1[nH]c2ccccc2c1C=NNC(=O)CCC(=O)N1CCCc2ccccc21. The Kier molecular flexibility index (Phi) is 5.42. The van der Waals surface area contributed by atoms with Gasteiger partial charge >= 0.3 is 0 Å². The molecule has 2 amide bonds. The summed E-state index contributed by atoms with van der Waals surface area (Å²) in [6, 6.07) is 15.9. The van der Waals surface area contributed by atoms with Crippen LogP contribution in [0.3, 0.4) is 0 Å². The van der Waals surface area contributed by atoms with Crippen LogP contribution in [0.1, 0.15) is 36.1 Å². The third-order valence-corrected chi connectivity index (χ3v) is 5.30. The summed E-state index contributed by atoms with van der Waals surface area (Å²) in [7, 11) is 0. The van der Waals surface area contributed by atoms with Crippen LogP contribution in [0, 0.1) is 6.92 Å². The van der Waals surface area contributed by atoms with Gasteiger partial charge in [-0.05, 0) is 37.5 Å². The number of hydrogen-bond donors (Lipinski definition) is 2. The van der Waals surface area contributed by atoms with Gasteiger partial charge in [-0.25, -0.2) is 5.43 Å². The average Bonchev–Trinajstić information content (AvgIpc) is 3.07. The van der Waals surface area contributed by atoms with Gasteiger partial charge < -0.3 is 9.88 Å². The van der Waals surface area contributed by atoms with Crippen LogP contribution in [0.4, 0.5) is 5.69 Å². The lowest BCUT2D eigenvalue weighted by Gasteiger charge is -2.29. The summed E-state index contributed by atoms with van der Waals surface area (Å²) in [5.74, 6) is -0.291. The fourth-order valence-corrected chi connectivity index (χ4v) is 3.84.